The summed E-state index contributed by atoms with van der Waals surface area (Å²) < 4.78 is 0. The number of nitrogen functional groups attached to an aromatic ring is 1. The van der Waals surface area contributed by atoms with Crippen LogP contribution in [-0.2, 0) is 0 Å². The number of aromatic nitrogens is 1. The van der Waals surface area contributed by atoms with Gasteiger partial charge >= 0.3 is 0 Å². The first-order valence-corrected chi connectivity index (χ1v) is 3.70. The highest BCUT2D eigenvalue weighted by atomic mass is 35.5. The number of hydrazine groups is 1. The molecule has 14 heavy (non-hydrogen) atoms. The van der Waals surface area contributed by atoms with Crippen LogP contribution in [0.5, 0.6) is 0 Å². The van der Waals surface area contributed by atoms with Gasteiger partial charge < -0.3 is 5.43 Å². The third-order valence-corrected chi connectivity index (χ3v) is 1.81. The Morgan fingerprint density at radius 2 is 1.86 bits per heavy atom. The topological polar surface area (TPSA) is 50.9 Å². The van der Waals surface area contributed by atoms with E-state index in [1.54, 1.807) is 6.20 Å². The summed E-state index contributed by atoms with van der Waals surface area (Å²) >= 11 is 0. The van der Waals surface area contributed by atoms with Gasteiger partial charge in [-0.1, -0.05) is 6.07 Å². The first kappa shape index (κ1) is 13.0. The van der Waals surface area contributed by atoms with Gasteiger partial charge in [-0.05, 0) is 23.6 Å². The van der Waals surface area contributed by atoms with Gasteiger partial charge in [-0.2, -0.15) is 0 Å². The van der Waals surface area contributed by atoms with E-state index < -0.39 is 0 Å². The van der Waals surface area contributed by atoms with Gasteiger partial charge in [0.1, 0.15) is 0 Å². The summed E-state index contributed by atoms with van der Waals surface area (Å²) in [5.41, 5.74) is 3.49. The molecule has 0 aliphatic carbocycles. The molecular formula is C9H11Cl2N3. The van der Waals surface area contributed by atoms with Crippen molar-refractivity contribution in [2.75, 3.05) is 5.43 Å². The SMILES string of the molecule is Cl.Cl.NNc1ccc2ccncc2c1. The van der Waals surface area contributed by atoms with E-state index >= 15 is 0 Å². The number of fused-ring (bicyclic) bond motifs is 1. The molecule has 0 aliphatic heterocycles. The van der Waals surface area contributed by atoms with Crippen LogP contribution in [0.2, 0.25) is 0 Å². The maximum Gasteiger partial charge on any atom is 0.0492 e. The van der Waals surface area contributed by atoms with E-state index in [4.69, 9.17) is 5.84 Å². The van der Waals surface area contributed by atoms with Crippen LogP contribution in [0.1, 0.15) is 0 Å². The van der Waals surface area contributed by atoms with E-state index in [9.17, 15) is 0 Å². The number of nitrogens with two attached hydrogens (primary N) is 1. The third kappa shape index (κ3) is 2.48. The van der Waals surface area contributed by atoms with Crippen molar-refractivity contribution < 1.29 is 0 Å². The summed E-state index contributed by atoms with van der Waals surface area (Å²) in [6.45, 7) is 0. The molecule has 76 valence electrons. The summed E-state index contributed by atoms with van der Waals surface area (Å²) in [6.07, 6.45) is 3.59. The molecule has 5 heteroatoms. The van der Waals surface area contributed by atoms with Crippen LogP contribution in [-0.4, -0.2) is 4.98 Å². The number of hydrogen-bond acceptors (Lipinski definition) is 3. The standard InChI is InChI=1S/C9H9N3.2ClH/c10-12-9-2-1-7-3-4-11-6-8(7)5-9;;/h1-6,12H,10H2;2*1H. The first-order chi connectivity index (χ1) is 5.90. The van der Waals surface area contributed by atoms with Gasteiger partial charge in [-0.3, -0.25) is 10.8 Å². The van der Waals surface area contributed by atoms with E-state index in [0.717, 1.165) is 11.1 Å². The van der Waals surface area contributed by atoms with Crippen molar-refractivity contribution in [1.82, 2.24) is 4.98 Å². The molecule has 0 saturated carbocycles. The van der Waals surface area contributed by atoms with Crippen LogP contribution in [0.4, 0.5) is 5.69 Å². The van der Waals surface area contributed by atoms with Gasteiger partial charge in [0.25, 0.3) is 0 Å². The highest BCUT2D eigenvalue weighted by molar-refractivity contribution is 5.86. The van der Waals surface area contributed by atoms with Crippen LogP contribution in [0.25, 0.3) is 10.8 Å². The molecule has 0 bridgehead atoms. The minimum absolute atomic E-state index is 0. The second-order valence-electron chi connectivity index (χ2n) is 2.58. The lowest BCUT2D eigenvalue weighted by atomic mass is 10.2. The lowest BCUT2D eigenvalue weighted by Gasteiger charge is -2.00. The molecule has 1 aromatic carbocycles. The van der Waals surface area contributed by atoms with E-state index in [2.05, 4.69) is 10.4 Å². The second-order valence-corrected chi connectivity index (χ2v) is 2.58. The number of rotatable bonds is 1. The smallest absolute Gasteiger partial charge is 0.0492 e. The van der Waals surface area contributed by atoms with E-state index in [0.29, 0.717) is 0 Å². The van der Waals surface area contributed by atoms with Crippen LogP contribution < -0.4 is 11.3 Å². The summed E-state index contributed by atoms with van der Waals surface area (Å²) in [7, 11) is 0. The zero-order valence-corrected chi connectivity index (χ0v) is 8.94. The van der Waals surface area contributed by atoms with Crippen molar-refractivity contribution in [2.24, 2.45) is 5.84 Å². The highest BCUT2D eigenvalue weighted by Crippen LogP contribution is 2.16. The van der Waals surface area contributed by atoms with Gasteiger partial charge in [-0.25, -0.2) is 0 Å². The quantitative estimate of drug-likeness (QED) is 0.586. The fourth-order valence-electron chi connectivity index (χ4n) is 1.17. The maximum absolute atomic E-state index is 5.27. The molecule has 0 spiro atoms. The van der Waals surface area contributed by atoms with Gasteiger partial charge in [0.15, 0.2) is 0 Å². The van der Waals surface area contributed by atoms with Crippen molar-refractivity contribution in [3.63, 3.8) is 0 Å². The minimum atomic E-state index is 0. The maximum atomic E-state index is 5.27. The Labute approximate surface area is 94.5 Å². The molecular weight excluding hydrogens is 221 g/mol. The van der Waals surface area contributed by atoms with E-state index in [1.165, 1.54) is 5.39 Å². The number of benzene rings is 1. The Morgan fingerprint density at radius 1 is 1.07 bits per heavy atom. The van der Waals surface area contributed by atoms with Crippen LogP contribution in [0.15, 0.2) is 36.7 Å². The van der Waals surface area contributed by atoms with Crippen molar-refractivity contribution >= 4 is 41.3 Å². The Morgan fingerprint density at radius 3 is 2.57 bits per heavy atom. The number of halogens is 2. The highest BCUT2D eigenvalue weighted by Gasteiger charge is 1.92. The molecule has 1 heterocycles. The predicted octanol–water partition coefficient (Wildman–Crippen LogP) is 2.36. The largest absolute Gasteiger partial charge is 0.324 e. The molecule has 0 atom stereocenters. The predicted molar refractivity (Wildman–Crippen MR) is 64.0 cm³/mol. The van der Waals surface area contributed by atoms with Crippen molar-refractivity contribution in [2.45, 2.75) is 0 Å². The van der Waals surface area contributed by atoms with Crippen LogP contribution >= 0.6 is 24.8 Å². The second kappa shape index (κ2) is 5.65. The molecule has 0 unspecified atom stereocenters. The monoisotopic (exact) mass is 231 g/mol. The summed E-state index contributed by atoms with van der Waals surface area (Å²) in [4.78, 5) is 4.02. The van der Waals surface area contributed by atoms with Gasteiger partial charge in [-0.15, -0.1) is 24.8 Å². The summed E-state index contributed by atoms with van der Waals surface area (Å²) in [5.74, 6) is 5.27. The number of nitrogens with one attached hydrogen (secondary N) is 1. The molecule has 1 aromatic heterocycles. The molecule has 0 aliphatic rings. The van der Waals surface area contributed by atoms with E-state index in [-0.39, 0.29) is 24.8 Å². The number of nitrogens with zero attached hydrogens (tertiary/aromatic N) is 1. The molecule has 0 fully saturated rings. The summed E-state index contributed by atoms with van der Waals surface area (Å²) in [5, 5.41) is 2.26. The molecule has 2 aromatic rings. The van der Waals surface area contributed by atoms with E-state index in [1.807, 2.05) is 30.5 Å². The lowest BCUT2D eigenvalue weighted by molar-refractivity contribution is 1.34. The first-order valence-electron chi connectivity index (χ1n) is 3.70. The van der Waals surface area contributed by atoms with Gasteiger partial charge in [0, 0.05) is 23.5 Å². The lowest BCUT2D eigenvalue weighted by Crippen LogP contribution is -2.06. The Hall–Kier alpha value is -1.03. The molecule has 2 rings (SSSR count). The molecule has 3 nitrogen and oxygen atoms in total. The van der Waals surface area contributed by atoms with Crippen molar-refractivity contribution in [1.29, 1.82) is 0 Å². The third-order valence-electron chi connectivity index (χ3n) is 1.81. The van der Waals surface area contributed by atoms with Crippen LogP contribution in [0.3, 0.4) is 0 Å². The molecule has 0 radical (unpaired) electrons. The van der Waals surface area contributed by atoms with Crippen LogP contribution in [0, 0.1) is 0 Å². The minimum Gasteiger partial charge on any atom is -0.324 e. The normalized spacial score (nSPS) is 8.64. The van der Waals surface area contributed by atoms with Crippen molar-refractivity contribution in [3.05, 3.63) is 36.7 Å². The molecule has 3 N–H and O–H groups in total. The number of anilines is 1. The Bertz CT molecular complexity index is 406. The average molecular weight is 232 g/mol. The number of pyridine rings is 1. The number of hydrogen-bond donors (Lipinski definition) is 2. The summed E-state index contributed by atoms with van der Waals surface area (Å²) in [6, 6.07) is 7.87. The molecule has 0 saturated heterocycles. The fraction of sp³-hybridized carbons (Fsp3) is 0. The van der Waals surface area contributed by atoms with Gasteiger partial charge in [0.2, 0.25) is 0 Å². The zero-order chi connectivity index (χ0) is 8.39. The Kier molecular flexibility index (Phi) is 5.23. The average Bonchev–Trinajstić information content (AvgIpc) is 2.17. The zero-order valence-electron chi connectivity index (χ0n) is 7.31. The van der Waals surface area contributed by atoms with Gasteiger partial charge in [0.05, 0.1) is 0 Å². The fourth-order valence-corrected chi connectivity index (χ4v) is 1.17. The Balaban J connectivity index is 0.000000845. The van der Waals surface area contributed by atoms with Crippen molar-refractivity contribution in [3.8, 4) is 0 Å². The molecule has 0 amide bonds.